The van der Waals surface area contributed by atoms with Gasteiger partial charge in [0.05, 0.1) is 4.92 Å². The Balaban J connectivity index is 2.63. The minimum atomic E-state index is -1.01. The third-order valence-corrected chi connectivity index (χ3v) is 2.14. The summed E-state index contributed by atoms with van der Waals surface area (Å²) in [5.74, 6) is -2.00. The Kier molecular flexibility index (Phi) is 2.40. The van der Waals surface area contributed by atoms with Gasteiger partial charge in [0.15, 0.2) is 11.6 Å². The normalized spacial score (nSPS) is 11.4. The number of nitrogens with one attached hydrogen (secondary N) is 1. The van der Waals surface area contributed by atoms with Crippen molar-refractivity contribution in [2.45, 2.75) is 0 Å². The molecule has 0 saturated carbocycles. The molecule has 0 fully saturated rings. The zero-order valence-corrected chi connectivity index (χ0v) is 7.91. The molecule has 0 aliphatic heterocycles. The number of aromatic nitrogens is 1. The number of hydrogen-bond acceptors (Lipinski definition) is 2. The van der Waals surface area contributed by atoms with Crippen LogP contribution in [-0.4, -0.2) is 9.91 Å². The molecule has 6 heteroatoms. The molecule has 0 aliphatic rings. The maximum absolute atomic E-state index is 13.4. The molecule has 2 aromatic rings. The summed E-state index contributed by atoms with van der Waals surface area (Å²) in [6, 6.07) is 2.37. The summed E-state index contributed by atoms with van der Waals surface area (Å²) in [7, 11) is 0. The van der Waals surface area contributed by atoms with Crippen LogP contribution in [0, 0.1) is 21.7 Å². The van der Waals surface area contributed by atoms with E-state index < -0.39 is 16.6 Å². The fourth-order valence-electron chi connectivity index (χ4n) is 1.45. The molecule has 0 saturated heterocycles. The summed E-state index contributed by atoms with van der Waals surface area (Å²) in [6.45, 7) is 0. The van der Waals surface area contributed by atoms with E-state index in [1.807, 2.05) is 0 Å². The van der Waals surface area contributed by atoms with E-state index in [2.05, 4.69) is 4.98 Å². The van der Waals surface area contributed by atoms with E-state index in [4.69, 9.17) is 0 Å². The van der Waals surface area contributed by atoms with Gasteiger partial charge in [0.1, 0.15) is 0 Å². The Morgan fingerprint density at radius 3 is 2.81 bits per heavy atom. The summed E-state index contributed by atoms with van der Waals surface area (Å²) in [5.41, 5.74) is 0.630. The summed E-state index contributed by atoms with van der Waals surface area (Å²) in [6.07, 6.45) is 3.17. The molecule has 1 aromatic carbocycles. The van der Waals surface area contributed by atoms with Crippen LogP contribution in [0.2, 0.25) is 0 Å². The van der Waals surface area contributed by atoms with Crippen LogP contribution in [0.1, 0.15) is 5.56 Å². The Bertz CT molecular complexity index is 590. The lowest BCUT2D eigenvalue weighted by Gasteiger charge is -1.95. The summed E-state index contributed by atoms with van der Waals surface area (Å²) in [4.78, 5) is 12.2. The van der Waals surface area contributed by atoms with E-state index in [0.29, 0.717) is 11.7 Å². The minimum absolute atomic E-state index is 0.0121. The van der Waals surface area contributed by atoms with Gasteiger partial charge in [0.25, 0.3) is 0 Å². The number of halogens is 2. The number of fused-ring (bicyclic) bond motifs is 1. The van der Waals surface area contributed by atoms with Gasteiger partial charge < -0.3 is 4.98 Å². The van der Waals surface area contributed by atoms with Gasteiger partial charge in [-0.1, -0.05) is 0 Å². The third kappa shape index (κ3) is 1.65. The fraction of sp³-hybridized carbons (Fsp3) is 0. The first-order valence-electron chi connectivity index (χ1n) is 4.36. The molecule has 0 amide bonds. The number of nitrogens with zero attached hydrogens (tertiary/aromatic N) is 1. The second kappa shape index (κ2) is 3.73. The van der Waals surface area contributed by atoms with E-state index in [-0.39, 0.29) is 10.9 Å². The van der Waals surface area contributed by atoms with Gasteiger partial charge >= 0.3 is 0 Å². The van der Waals surface area contributed by atoms with E-state index in [1.165, 1.54) is 12.3 Å². The number of benzene rings is 1. The van der Waals surface area contributed by atoms with Crippen molar-refractivity contribution < 1.29 is 13.7 Å². The second-order valence-corrected chi connectivity index (χ2v) is 3.13. The predicted molar refractivity (Wildman–Crippen MR) is 54.2 cm³/mol. The first-order chi connectivity index (χ1) is 7.59. The van der Waals surface area contributed by atoms with Crippen LogP contribution in [0.15, 0.2) is 24.5 Å². The van der Waals surface area contributed by atoms with Crippen molar-refractivity contribution in [3.8, 4) is 0 Å². The van der Waals surface area contributed by atoms with Crippen molar-refractivity contribution in [2.75, 3.05) is 0 Å². The second-order valence-electron chi connectivity index (χ2n) is 3.13. The monoisotopic (exact) mass is 224 g/mol. The molecule has 2 rings (SSSR count). The zero-order chi connectivity index (χ0) is 11.7. The van der Waals surface area contributed by atoms with Gasteiger partial charge in [0.2, 0.25) is 6.20 Å². The standard InChI is InChI=1S/C10H6F2N2O2/c11-7-1-2-8-9(10(7)12)6(5-13-8)3-4-14(15)16/h1-5,13H/b4-3+. The van der Waals surface area contributed by atoms with E-state index in [9.17, 15) is 18.9 Å². The van der Waals surface area contributed by atoms with Crippen molar-refractivity contribution in [1.29, 1.82) is 0 Å². The number of H-pyrrole nitrogens is 1. The Morgan fingerprint density at radius 2 is 2.12 bits per heavy atom. The van der Waals surface area contributed by atoms with E-state index >= 15 is 0 Å². The number of hydrogen-bond donors (Lipinski definition) is 1. The third-order valence-electron chi connectivity index (χ3n) is 2.14. The highest BCUT2D eigenvalue weighted by molar-refractivity contribution is 5.89. The Morgan fingerprint density at radius 1 is 1.38 bits per heavy atom. The number of aromatic amines is 1. The topological polar surface area (TPSA) is 58.9 Å². The molecule has 1 heterocycles. The van der Waals surface area contributed by atoms with Crippen LogP contribution in [0.25, 0.3) is 17.0 Å². The Labute approximate surface area is 88.3 Å². The molecule has 1 N–H and O–H groups in total. The van der Waals surface area contributed by atoms with Crippen LogP contribution < -0.4 is 0 Å². The molecule has 0 radical (unpaired) electrons. The molecule has 0 aliphatic carbocycles. The molecule has 1 aromatic heterocycles. The van der Waals surface area contributed by atoms with Gasteiger partial charge in [-0.15, -0.1) is 0 Å². The van der Waals surface area contributed by atoms with Gasteiger partial charge in [-0.3, -0.25) is 10.1 Å². The molecule has 0 unspecified atom stereocenters. The molecule has 0 bridgehead atoms. The average Bonchev–Trinajstić information content (AvgIpc) is 2.64. The van der Waals surface area contributed by atoms with Crippen molar-refractivity contribution >= 4 is 17.0 Å². The lowest BCUT2D eigenvalue weighted by molar-refractivity contribution is -0.400. The number of rotatable bonds is 2. The maximum Gasteiger partial charge on any atom is 0.235 e. The molecule has 0 spiro atoms. The molecule has 0 atom stereocenters. The highest BCUT2D eigenvalue weighted by Gasteiger charge is 2.11. The smallest absolute Gasteiger partial charge is 0.235 e. The molecule has 16 heavy (non-hydrogen) atoms. The maximum atomic E-state index is 13.4. The van der Waals surface area contributed by atoms with Gasteiger partial charge in [0, 0.05) is 28.7 Å². The quantitative estimate of drug-likeness (QED) is 0.629. The predicted octanol–water partition coefficient (Wildman–Crippen LogP) is 2.69. The molecular weight excluding hydrogens is 218 g/mol. The first-order valence-corrected chi connectivity index (χ1v) is 4.36. The highest BCUT2D eigenvalue weighted by Crippen LogP contribution is 2.24. The Hall–Kier alpha value is -2.24. The van der Waals surface area contributed by atoms with Gasteiger partial charge in [-0.2, -0.15) is 0 Å². The highest BCUT2D eigenvalue weighted by atomic mass is 19.2. The minimum Gasteiger partial charge on any atom is -0.360 e. The van der Waals surface area contributed by atoms with Crippen LogP contribution in [0.3, 0.4) is 0 Å². The van der Waals surface area contributed by atoms with Crippen LogP contribution >= 0.6 is 0 Å². The lowest BCUT2D eigenvalue weighted by atomic mass is 10.1. The van der Waals surface area contributed by atoms with Crippen LogP contribution in [-0.2, 0) is 0 Å². The lowest BCUT2D eigenvalue weighted by Crippen LogP contribution is -1.86. The molecule has 4 nitrogen and oxygen atoms in total. The average molecular weight is 224 g/mol. The summed E-state index contributed by atoms with van der Waals surface area (Å²) in [5, 5.41) is 10.1. The van der Waals surface area contributed by atoms with Crippen molar-refractivity contribution in [2.24, 2.45) is 0 Å². The van der Waals surface area contributed by atoms with Crippen LogP contribution in [0.5, 0.6) is 0 Å². The molecular formula is C10H6F2N2O2. The van der Waals surface area contributed by atoms with Gasteiger partial charge in [-0.25, -0.2) is 8.78 Å². The SMILES string of the molecule is O=[N+]([O-])/C=C/c1c[nH]c2ccc(F)c(F)c12. The first kappa shape index (κ1) is 10.3. The van der Waals surface area contributed by atoms with Crippen molar-refractivity contribution in [3.63, 3.8) is 0 Å². The fourth-order valence-corrected chi connectivity index (χ4v) is 1.45. The molecule has 82 valence electrons. The zero-order valence-electron chi connectivity index (χ0n) is 7.91. The number of nitro groups is 1. The van der Waals surface area contributed by atoms with Crippen LogP contribution in [0.4, 0.5) is 8.78 Å². The summed E-state index contributed by atoms with van der Waals surface area (Å²) < 4.78 is 26.4. The van der Waals surface area contributed by atoms with E-state index in [1.54, 1.807) is 0 Å². The van der Waals surface area contributed by atoms with Crippen molar-refractivity contribution in [1.82, 2.24) is 4.98 Å². The summed E-state index contributed by atoms with van der Waals surface area (Å²) >= 11 is 0. The van der Waals surface area contributed by atoms with E-state index in [0.717, 1.165) is 12.1 Å². The van der Waals surface area contributed by atoms with Crippen molar-refractivity contribution in [3.05, 3.63) is 51.8 Å². The van der Waals surface area contributed by atoms with Gasteiger partial charge in [-0.05, 0) is 12.1 Å². The largest absolute Gasteiger partial charge is 0.360 e.